The molecule has 0 aliphatic heterocycles. The van der Waals surface area contributed by atoms with Gasteiger partial charge < -0.3 is 10.5 Å². The average Bonchev–Trinajstić information content (AvgIpc) is 2.36. The minimum Gasteiger partial charge on any atom is -0.437 e. The first-order chi connectivity index (χ1) is 8.60. The molecule has 0 radical (unpaired) electrons. The van der Waals surface area contributed by atoms with Gasteiger partial charge in [0.1, 0.15) is 5.75 Å². The van der Waals surface area contributed by atoms with Crippen LogP contribution in [-0.2, 0) is 6.54 Å². The van der Waals surface area contributed by atoms with Gasteiger partial charge in [0.15, 0.2) is 0 Å². The summed E-state index contributed by atoms with van der Waals surface area (Å²) in [6, 6.07) is 6.61. The molecule has 0 saturated heterocycles. The van der Waals surface area contributed by atoms with Crippen molar-refractivity contribution in [1.82, 2.24) is 4.98 Å². The molecule has 2 aromatic rings. The van der Waals surface area contributed by atoms with E-state index in [0.29, 0.717) is 33.2 Å². The number of nitrogens with two attached hydrogens (primary N) is 1. The van der Waals surface area contributed by atoms with Crippen LogP contribution in [0.3, 0.4) is 0 Å². The third-order valence-electron chi connectivity index (χ3n) is 2.22. The van der Waals surface area contributed by atoms with E-state index in [0.717, 1.165) is 5.56 Å². The van der Waals surface area contributed by atoms with Crippen LogP contribution < -0.4 is 10.5 Å². The van der Waals surface area contributed by atoms with E-state index in [2.05, 4.69) is 4.98 Å². The summed E-state index contributed by atoms with van der Waals surface area (Å²) in [5.41, 5.74) is 6.45. The molecular weight excluding hydrogens is 295 g/mol. The molecule has 0 aliphatic carbocycles. The standard InChI is InChI=1S/C12H9Cl3N2O/c13-8-4-10(15)11(5-9(8)14)18-12-3-7(6-16)1-2-17-12/h1-5H,6,16H2. The first kappa shape index (κ1) is 13.4. The highest BCUT2D eigenvalue weighted by atomic mass is 35.5. The molecule has 3 nitrogen and oxygen atoms in total. The fourth-order valence-corrected chi connectivity index (χ4v) is 1.90. The van der Waals surface area contributed by atoms with Gasteiger partial charge in [-0.05, 0) is 17.7 Å². The molecule has 6 heteroatoms. The SMILES string of the molecule is NCc1ccnc(Oc2cc(Cl)c(Cl)cc2Cl)c1. The lowest BCUT2D eigenvalue weighted by atomic mass is 10.3. The predicted molar refractivity (Wildman–Crippen MR) is 73.7 cm³/mol. The molecule has 2 rings (SSSR count). The van der Waals surface area contributed by atoms with Gasteiger partial charge in [0.05, 0.1) is 15.1 Å². The van der Waals surface area contributed by atoms with E-state index in [1.165, 1.54) is 6.07 Å². The number of hydrogen-bond acceptors (Lipinski definition) is 3. The largest absolute Gasteiger partial charge is 0.437 e. The third-order valence-corrected chi connectivity index (χ3v) is 3.24. The highest BCUT2D eigenvalue weighted by Gasteiger charge is 2.09. The second-order valence-corrected chi connectivity index (χ2v) is 4.73. The van der Waals surface area contributed by atoms with Gasteiger partial charge >= 0.3 is 0 Å². The van der Waals surface area contributed by atoms with Crippen molar-refractivity contribution in [2.24, 2.45) is 5.73 Å². The lowest BCUT2D eigenvalue weighted by Crippen LogP contribution is -1.97. The van der Waals surface area contributed by atoms with E-state index in [9.17, 15) is 0 Å². The number of hydrogen-bond donors (Lipinski definition) is 1. The Hall–Kier alpha value is -1.000. The van der Waals surface area contributed by atoms with Crippen molar-refractivity contribution >= 4 is 34.8 Å². The van der Waals surface area contributed by atoms with E-state index in [1.807, 2.05) is 6.07 Å². The summed E-state index contributed by atoms with van der Waals surface area (Å²) in [7, 11) is 0. The van der Waals surface area contributed by atoms with Crippen LogP contribution in [0.5, 0.6) is 11.6 Å². The smallest absolute Gasteiger partial charge is 0.219 e. The molecule has 0 bridgehead atoms. The van der Waals surface area contributed by atoms with Gasteiger partial charge in [-0.15, -0.1) is 0 Å². The molecule has 1 aromatic carbocycles. The summed E-state index contributed by atoms with van der Waals surface area (Å²) in [5, 5.41) is 1.10. The minimum atomic E-state index is 0.365. The fourth-order valence-electron chi connectivity index (χ4n) is 1.33. The van der Waals surface area contributed by atoms with Crippen molar-refractivity contribution in [3.05, 3.63) is 51.1 Å². The second-order valence-electron chi connectivity index (χ2n) is 3.51. The maximum absolute atomic E-state index is 6.00. The Labute approximate surface area is 119 Å². The van der Waals surface area contributed by atoms with E-state index in [-0.39, 0.29) is 0 Å². The Morgan fingerprint density at radius 1 is 1.06 bits per heavy atom. The van der Waals surface area contributed by atoms with Crippen LogP contribution in [0, 0.1) is 0 Å². The monoisotopic (exact) mass is 302 g/mol. The van der Waals surface area contributed by atoms with Gasteiger partial charge in [-0.25, -0.2) is 4.98 Å². The maximum atomic E-state index is 6.00. The molecular formula is C12H9Cl3N2O. The van der Waals surface area contributed by atoms with Crippen molar-refractivity contribution in [3.8, 4) is 11.6 Å². The fraction of sp³-hybridized carbons (Fsp3) is 0.0833. The Kier molecular flexibility index (Phi) is 4.30. The number of aromatic nitrogens is 1. The molecule has 0 unspecified atom stereocenters. The summed E-state index contributed by atoms with van der Waals surface area (Å²) in [6.45, 7) is 0.411. The van der Waals surface area contributed by atoms with Crippen molar-refractivity contribution < 1.29 is 4.74 Å². The summed E-state index contributed by atoms with van der Waals surface area (Å²) in [6.07, 6.45) is 1.61. The summed E-state index contributed by atoms with van der Waals surface area (Å²) < 4.78 is 5.55. The summed E-state index contributed by atoms with van der Waals surface area (Å²) >= 11 is 17.7. The Morgan fingerprint density at radius 3 is 2.50 bits per heavy atom. The highest BCUT2D eigenvalue weighted by Crippen LogP contribution is 2.35. The Bertz CT molecular complexity index is 575. The van der Waals surface area contributed by atoms with E-state index < -0.39 is 0 Å². The number of pyridine rings is 1. The first-order valence-corrected chi connectivity index (χ1v) is 6.21. The zero-order valence-corrected chi connectivity index (χ0v) is 11.4. The van der Waals surface area contributed by atoms with Gasteiger partial charge in [0.2, 0.25) is 5.88 Å². The molecule has 0 spiro atoms. The molecule has 2 N–H and O–H groups in total. The van der Waals surface area contributed by atoms with Crippen molar-refractivity contribution in [1.29, 1.82) is 0 Å². The van der Waals surface area contributed by atoms with Gasteiger partial charge in [-0.1, -0.05) is 34.8 Å². The summed E-state index contributed by atoms with van der Waals surface area (Å²) in [5.74, 6) is 0.797. The van der Waals surface area contributed by atoms with Crippen LogP contribution in [0.15, 0.2) is 30.5 Å². The van der Waals surface area contributed by atoms with Crippen LogP contribution in [0.25, 0.3) is 0 Å². The topological polar surface area (TPSA) is 48.1 Å². The Morgan fingerprint density at radius 2 is 1.78 bits per heavy atom. The van der Waals surface area contributed by atoms with Crippen molar-refractivity contribution in [2.45, 2.75) is 6.54 Å². The number of ether oxygens (including phenoxy) is 1. The molecule has 0 fully saturated rings. The predicted octanol–water partition coefficient (Wildman–Crippen LogP) is 4.29. The van der Waals surface area contributed by atoms with Crippen molar-refractivity contribution in [2.75, 3.05) is 0 Å². The normalized spacial score (nSPS) is 10.4. The minimum absolute atomic E-state index is 0.365. The molecule has 0 saturated carbocycles. The zero-order chi connectivity index (χ0) is 13.1. The van der Waals surface area contributed by atoms with Gasteiger partial charge in [0, 0.05) is 24.9 Å². The molecule has 94 valence electrons. The van der Waals surface area contributed by atoms with Gasteiger partial charge in [0.25, 0.3) is 0 Å². The molecule has 18 heavy (non-hydrogen) atoms. The highest BCUT2D eigenvalue weighted by molar-refractivity contribution is 6.43. The quantitative estimate of drug-likeness (QED) is 0.860. The van der Waals surface area contributed by atoms with E-state index in [4.69, 9.17) is 45.3 Å². The molecule has 1 heterocycles. The maximum Gasteiger partial charge on any atom is 0.219 e. The van der Waals surface area contributed by atoms with E-state index >= 15 is 0 Å². The molecule has 0 amide bonds. The number of benzene rings is 1. The van der Waals surface area contributed by atoms with E-state index in [1.54, 1.807) is 18.3 Å². The lowest BCUT2D eigenvalue weighted by Gasteiger charge is -2.08. The molecule has 0 atom stereocenters. The van der Waals surface area contributed by atoms with Crippen LogP contribution in [0.4, 0.5) is 0 Å². The number of nitrogens with zero attached hydrogens (tertiary/aromatic N) is 1. The van der Waals surface area contributed by atoms with Crippen LogP contribution in [0.1, 0.15) is 5.56 Å². The lowest BCUT2D eigenvalue weighted by molar-refractivity contribution is 0.462. The summed E-state index contributed by atoms with van der Waals surface area (Å²) in [4.78, 5) is 4.06. The van der Waals surface area contributed by atoms with Crippen molar-refractivity contribution in [3.63, 3.8) is 0 Å². The third kappa shape index (κ3) is 3.06. The zero-order valence-electron chi connectivity index (χ0n) is 9.16. The Balaban J connectivity index is 2.30. The number of rotatable bonds is 3. The van der Waals surface area contributed by atoms with Gasteiger partial charge in [-0.2, -0.15) is 0 Å². The van der Waals surface area contributed by atoms with Crippen LogP contribution in [0.2, 0.25) is 15.1 Å². The van der Waals surface area contributed by atoms with Crippen LogP contribution in [-0.4, -0.2) is 4.98 Å². The second kappa shape index (κ2) is 5.76. The average molecular weight is 304 g/mol. The number of halogens is 3. The molecule has 1 aromatic heterocycles. The van der Waals surface area contributed by atoms with Crippen LogP contribution >= 0.6 is 34.8 Å². The first-order valence-electron chi connectivity index (χ1n) is 5.07. The molecule has 0 aliphatic rings. The van der Waals surface area contributed by atoms with Gasteiger partial charge in [-0.3, -0.25) is 0 Å².